The van der Waals surface area contributed by atoms with Gasteiger partial charge in [-0.15, -0.1) is 35.0 Å². The summed E-state index contributed by atoms with van der Waals surface area (Å²) in [6, 6.07) is 13.3. The zero-order chi connectivity index (χ0) is 35.8. The lowest BCUT2D eigenvalue weighted by molar-refractivity contribution is -0.140. The van der Waals surface area contributed by atoms with Gasteiger partial charge in [-0.3, -0.25) is 14.4 Å². The first-order chi connectivity index (χ1) is 23.0. The summed E-state index contributed by atoms with van der Waals surface area (Å²) < 4.78 is 94.8. The van der Waals surface area contributed by atoms with Gasteiger partial charge >= 0.3 is 6.18 Å². The molecule has 0 aliphatic heterocycles. The molecule has 256 valence electrons. The molecule has 2 atom stereocenters. The van der Waals surface area contributed by atoms with E-state index in [-0.39, 0.29) is 33.2 Å². The van der Waals surface area contributed by atoms with Crippen LogP contribution in [-0.4, -0.2) is 27.6 Å². The van der Waals surface area contributed by atoms with E-state index in [2.05, 4.69) is 5.32 Å². The molecule has 1 aliphatic carbocycles. The quantitative estimate of drug-likeness (QED) is 0.0716. The SMILES string of the molecule is O=C(CSc1ccc(F)cc1)Cc1c(F)ccc(CC(=O)c2cc(NC(=O)[C@H]3[C@H](c4ccc(F)c(C(F)(F)F)c4)C3(Cl)Cl)ccc2Cl)c1F. The normalized spacial score (nSPS) is 16.7. The van der Waals surface area contributed by atoms with Crippen molar-refractivity contribution in [2.45, 2.75) is 34.2 Å². The van der Waals surface area contributed by atoms with Crippen molar-refractivity contribution in [2.24, 2.45) is 5.92 Å². The van der Waals surface area contributed by atoms with Gasteiger partial charge in [0.2, 0.25) is 5.91 Å². The molecule has 4 aromatic carbocycles. The van der Waals surface area contributed by atoms with Gasteiger partial charge in [-0.05, 0) is 71.8 Å². The molecule has 1 aliphatic rings. The highest BCUT2D eigenvalue weighted by atomic mass is 35.5. The Hall–Kier alpha value is -3.58. The maximum absolute atomic E-state index is 15.4. The third kappa shape index (κ3) is 8.25. The van der Waals surface area contributed by atoms with Crippen LogP contribution in [0.25, 0.3) is 0 Å². The number of halogens is 10. The van der Waals surface area contributed by atoms with Crippen LogP contribution in [0.15, 0.2) is 77.7 Å². The lowest BCUT2D eigenvalue weighted by Gasteiger charge is -2.12. The number of nitrogens with one attached hydrogen (secondary N) is 1. The average molecular weight is 763 g/mol. The van der Waals surface area contributed by atoms with Crippen molar-refractivity contribution >= 4 is 69.7 Å². The van der Waals surface area contributed by atoms with Crippen LogP contribution in [0.4, 0.5) is 36.4 Å². The molecular weight excluding hydrogens is 742 g/mol. The summed E-state index contributed by atoms with van der Waals surface area (Å²) >= 11 is 19.8. The molecule has 0 heterocycles. The largest absolute Gasteiger partial charge is 0.419 e. The third-order valence-electron chi connectivity index (χ3n) is 7.73. The first-order valence-electron chi connectivity index (χ1n) is 14.2. The molecule has 5 rings (SSSR count). The minimum Gasteiger partial charge on any atom is -0.326 e. The fourth-order valence-electron chi connectivity index (χ4n) is 5.21. The molecule has 15 heteroatoms. The van der Waals surface area contributed by atoms with Gasteiger partial charge in [-0.2, -0.15) is 13.2 Å². The number of thioether (sulfide) groups is 1. The molecular formula is C34H21Cl3F7NO3S. The van der Waals surface area contributed by atoms with Crippen molar-refractivity contribution < 1.29 is 45.1 Å². The smallest absolute Gasteiger partial charge is 0.326 e. The lowest BCUT2D eigenvalue weighted by Crippen LogP contribution is -2.18. The molecule has 1 saturated carbocycles. The summed E-state index contributed by atoms with van der Waals surface area (Å²) in [6.07, 6.45) is -6.20. The Labute approximate surface area is 293 Å². The molecule has 1 N–H and O–H groups in total. The molecule has 0 aromatic heterocycles. The van der Waals surface area contributed by atoms with E-state index < -0.39 is 87.1 Å². The minimum atomic E-state index is -5.00. The van der Waals surface area contributed by atoms with Crippen molar-refractivity contribution in [1.29, 1.82) is 0 Å². The summed E-state index contributed by atoms with van der Waals surface area (Å²) in [5.74, 6) is -8.61. The van der Waals surface area contributed by atoms with Crippen LogP contribution >= 0.6 is 46.6 Å². The van der Waals surface area contributed by atoms with Gasteiger partial charge in [0.15, 0.2) is 5.78 Å². The van der Waals surface area contributed by atoms with E-state index in [4.69, 9.17) is 34.8 Å². The Morgan fingerprint density at radius 1 is 0.837 bits per heavy atom. The summed E-state index contributed by atoms with van der Waals surface area (Å²) in [4.78, 5) is 39.4. The first-order valence-corrected chi connectivity index (χ1v) is 16.3. The molecule has 49 heavy (non-hydrogen) atoms. The second-order valence-corrected chi connectivity index (χ2v) is 14.0. The zero-order valence-electron chi connectivity index (χ0n) is 24.6. The van der Waals surface area contributed by atoms with E-state index in [9.17, 15) is 40.7 Å². The fraction of sp³-hybridized carbons (Fsp3) is 0.206. The summed E-state index contributed by atoms with van der Waals surface area (Å²) in [7, 11) is 0. The van der Waals surface area contributed by atoms with Crippen LogP contribution in [-0.2, 0) is 28.6 Å². The van der Waals surface area contributed by atoms with Crippen LogP contribution in [0, 0.1) is 29.2 Å². The van der Waals surface area contributed by atoms with Crippen molar-refractivity contribution in [3.8, 4) is 0 Å². The highest BCUT2D eigenvalue weighted by Crippen LogP contribution is 2.65. The highest BCUT2D eigenvalue weighted by Gasteiger charge is 2.67. The van der Waals surface area contributed by atoms with Gasteiger partial charge in [-0.1, -0.05) is 23.7 Å². The minimum absolute atomic E-state index is 0.0205. The summed E-state index contributed by atoms with van der Waals surface area (Å²) in [6.45, 7) is 0. The van der Waals surface area contributed by atoms with E-state index >= 15 is 4.39 Å². The van der Waals surface area contributed by atoms with E-state index in [0.717, 1.165) is 30.0 Å². The van der Waals surface area contributed by atoms with Crippen molar-refractivity contribution in [3.05, 3.63) is 129 Å². The molecule has 0 unspecified atom stereocenters. The molecule has 1 amide bonds. The Balaban J connectivity index is 1.27. The van der Waals surface area contributed by atoms with Crippen LogP contribution in [0.1, 0.15) is 38.5 Å². The Morgan fingerprint density at radius 3 is 2.18 bits per heavy atom. The number of benzene rings is 4. The Morgan fingerprint density at radius 2 is 1.51 bits per heavy atom. The Kier molecular flexibility index (Phi) is 10.7. The van der Waals surface area contributed by atoms with E-state index in [1.54, 1.807) is 0 Å². The number of carbonyl (C=O) groups excluding carboxylic acids is 3. The zero-order valence-corrected chi connectivity index (χ0v) is 27.7. The first kappa shape index (κ1) is 36.7. The van der Waals surface area contributed by atoms with Crippen molar-refractivity contribution in [1.82, 2.24) is 0 Å². The third-order valence-corrected chi connectivity index (χ3v) is 10.1. The number of Topliss-reactive ketones (excluding diaryl/α,β-unsaturated/α-hetero) is 2. The molecule has 4 aromatic rings. The van der Waals surface area contributed by atoms with Crippen LogP contribution in [0.5, 0.6) is 0 Å². The van der Waals surface area contributed by atoms with Crippen LogP contribution in [0.2, 0.25) is 5.02 Å². The summed E-state index contributed by atoms with van der Waals surface area (Å²) in [5, 5.41) is 2.41. The molecule has 0 bridgehead atoms. The number of hydrogen-bond donors (Lipinski definition) is 1. The number of rotatable bonds is 11. The monoisotopic (exact) mass is 761 g/mol. The number of hydrogen-bond acceptors (Lipinski definition) is 4. The number of anilines is 1. The van der Waals surface area contributed by atoms with Crippen LogP contribution in [0.3, 0.4) is 0 Å². The molecule has 0 saturated heterocycles. The Bertz CT molecular complexity index is 1950. The molecule has 0 spiro atoms. The second-order valence-electron chi connectivity index (χ2n) is 11.1. The van der Waals surface area contributed by atoms with Crippen molar-refractivity contribution in [3.63, 3.8) is 0 Å². The number of amides is 1. The van der Waals surface area contributed by atoms with Gasteiger partial charge in [0.1, 0.15) is 33.4 Å². The van der Waals surface area contributed by atoms with E-state index in [1.807, 2.05) is 0 Å². The number of ketones is 2. The predicted molar refractivity (Wildman–Crippen MR) is 172 cm³/mol. The maximum Gasteiger partial charge on any atom is 0.419 e. The molecule has 0 radical (unpaired) electrons. The maximum atomic E-state index is 15.4. The fourth-order valence-corrected chi connectivity index (χ4v) is 7.02. The second kappa shape index (κ2) is 14.3. The highest BCUT2D eigenvalue weighted by molar-refractivity contribution is 8.00. The van der Waals surface area contributed by atoms with Gasteiger partial charge < -0.3 is 5.32 Å². The number of carbonyl (C=O) groups is 3. The predicted octanol–water partition coefficient (Wildman–Crippen LogP) is 9.77. The van der Waals surface area contributed by atoms with Gasteiger partial charge in [-0.25, -0.2) is 17.6 Å². The van der Waals surface area contributed by atoms with Gasteiger partial charge in [0.25, 0.3) is 0 Å². The average Bonchev–Trinajstić information content (AvgIpc) is 3.62. The van der Waals surface area contributed by atoms with E-state index in [0.29, 0.717) is 17.0 Å². The van der Waals surface area contributed by atoms with Crippen molar-refractivity contribution in [2.75, 3.05) is 11.1 Å². The van der Waals surface area contributed by atoms with Gasteiger partial charge in [0.05, 0.1) is 22.3 Å². The van der Waals surface area contributed by atoms with Crippen LogP contribution < -0.4 is 5.32 Å². The lowest BCUT2D eigenvalue weighted by atomic mass is 9.98. The van der Waals surface area contributed by atoms with Gasteiger partial charge in [0, 0.05) is 40.5 Å². The molecule has 4 nitrogen and oxygen atoms in total. The summed E-state index contributed by atoms with van der Waals surface area (Å²) in [5.41, 5.74) is -2.54. The standard InChI is InChI=1S/C34H21Cl3F7NO3S/c35-25-8-5-19(45-32(48)30-29(33(30,36)37)16-1-10-27(40)24(11-16)34(42,43)44)13-22(25)28(47)12-17-2-9-26(39)23(31(17)41)14-20(46)15-49-21-6-3-18(38)4-7-21/h1-11,13,29-30H,12,14-15H2,(H,45,48)/t29-,30+/m0/s1. The van der Waals surface area contributed by atoms with E-state index in [1.165, 1.54) is 42.5 Å². The molecule has 1 fully saturated rings. The topological polar surface area (TPSA) is 63.2 Å². The number of alkyl halides is 5.